The Morgan fingerprint density at radius 1 is 1.50 bits per heavy atom. The van der Waals surface area contributed by atoms with Gasteiger partial charge in [-0.15, -0.1) is 0 Å². The van der Waals surface area contributed by atoms with E-state index in [2.05, 4.69) is 12.0 Å². The Balaban J connectivity index is 2.95. The lowest BCUT2D eigenvalue weighted by molar-refractivity contribution is 0.0846. The van der Waals surface area contributed by atoms with Gasteiger partial charge in [0.15, 0.2) is 5.78 Å². The zero-order valence-electron chi connectivity index (χ0n) is 9.37. The third-order valence-corrected chi connectivity index (χ3v) is 2.07. The predicted octanol–water partition coefficient (Wildman–Crippen LogP) is 2.52. The molecule has 1 aromatic heterocycles. The fraction of sp³-hybridized carbons (Fsp3) is 0.636. The second-order valence-electron chi connectivity index (χ2n) is 4.52. The maximum Gasteiger partial charge on any atom is 0.186 e. The highest BCUT2D eigenvalue weighted by Gasteiger charge is 2.25. The van der Waals surface area contributed by atoms with Gasteiger partial charge in [-0.05, 0) is 12.5 Å². The van der Waals surface area contributed by atoms with Crippen LogP contribution in [0, 0.1) is 5.41 Å². The average molecular weight is 194 g/mol. The van der Waals surface area contributed by atoms with E-state index in [1.54, 1.807) is 16.9 Å². The normalized spacial score (nSPS) is 11.7. The Bertz CT molecular complexity index is 320. The van der Waals surface area contributed by atoms with Crippen LogP contribution in [0.3, 0.4) is 0 Å². The zero-order valence-corrected chi connectivity index (χ0v) is 9.37. The highest BCUT2D eigenvalue weighted by molar-refractivity contribution is 5.98. The van der Waals surface area contributed by atoms with E-state index in [0.717, 1.165) is 18.7 Å². The van der Waals surface area contributed by atoms with E-state index in [1.165, 1.54) is 0 Å². The topological polar surface area (TPSA) is 34.9 Å². The van der Waals surface area contributed by atoms with E-state index in [4.69, 9.17) is 0 Å². The molecule has 0 atom stereocenters. The van der Waals surface area contributed by atoms with Gasteiger partial charge in [0, 0.05) is 18.2 Å². The van der Waals surface area contributed by atoms with Gasteiger partial charge in [-0.2, -0.15) is 5.10 Å². The Labute approximate surface area is 85.1 Å². The monoisotopic (exact) mass is 194 g/mol. The summed E-state index contributed by atoms with van der Waals surface area (Å²) in [4.78, 5) is 12.0. The zero-order chi connectivity index (χ0) is 10.8. The van der Waals surface area contributed by atoms with Crippen molar-refractivity contribution in [2.24, 2.45) is 5.41 Å². The summed E-state index contributed by atoms with van der Waals surface area (Å²) in [5, 5.41) is 4.14. The molecule has 0 bridgehead atoms. The molecule has 0 fully saturated rings. The molecule has 0 radical (unpaired) electrons. The van der Waals surface area contributed by atoms with Crippen molar-refractivity contribution < 1.29 is 4.79 Å². The smallest absolute Gasteiger partial charge is 0.186 e. The molecule has 0 aliphatic heterocycles. The van der Waals surface area contributed by atoms with E-state index in [0.29, 0.717) is 0 Å². The maximum absolute atomic E-state index is 12.0. The Morgan fingerprint density at radius 2 is 2.14 bits per heavy atom. The molecule has 1 rings (SSSR count). The number of hydrogen-bond acceptors (Lipinski definition) is 2. The molecule has 1 aromatic rings. The van der Waals surface area contributed by atoms with E-state index in [1.807, 2.05) is 20.8 Å². The van der Waals surface area contributed by atoms with E-state index in [9.17, 15) is 4.79 Å². The molecule has 0 aliphatic carbocycles. The molecule has 3 heteroatoms. The van der Waals surface area contributed by atoms with Crippen molar-refractivity contribution in [3.05, 3.63) is 18.0 Å². The first-order valence-electron chi connectivity index (χ1n) is 5.03. The summed E-state index contributed by atoms with van der Waals surface area (Å²) in [6.07, 6.45) is 2.68. The van der Waals surface area contributed by atoms with Crippen molar-refractivity contribution in [2.45, 2.75) is 40.7 Å². The summed E-state index contributed by atoms with van der Waals surface area (Å²) < 4.78 is 1.79. The van der Waals surface area contributed by atoms with Gasteiger partial charge in [0.1, 0.15) is 5.69 Å². The largest absolute Gasteiger partial charge is 0.292 e. The highest BCUT2D eigenvalue weighted by Crippen LogP contribution is 2.20. The van der Waals surface area contributed by atoms with Crippen LogP contribution >= 0.6 is 0 Å². The van der Waals surface area contributed by atoms with Crippen LogP contribution < -0.4 is 0 Å². The highest BCUT2D eigenvalue weighted by atomic mass is 16.1. The lowest BCUT2D eigenvalue weighted by atomic mass is 9.89. The third-order valence-electron chi connectivity index (χ3n) is 2.07. The molecule has 14 heavy (non-hydrogen) atoms. The minimum Gasteiger partial charge on any atom is -0.292 e. The SMILES string of the molecule is CCCn1nccc1C(=O)C(C)(C)C. The lowest BCUT2D eigenvalue weighted by Gasteiger charge is -2.17. The van der Waals surface area contributed by atoms with Crippen molar-refractivity contribution in [3.8, 4) is 0 Å². The number of aromatic nitrogens is 2. The Hall–Kier alpha value is -1.12. The molecule has 0 N–H and O–H groups in total. The van der Waals surface area contributed by atoms with Crippen LogP contribution in [0.4, 0.5) is 0 Å². The van der Waals surface area contributed by atoms with Crippen LogP contribution in [-0.4, -0.2) is 15.6 Å². The number of aryl methyl sites for hydroxylation is 1. The molecule has 0 aromatic carbocycles. The molecule has 3 nitrogen and oxygen atoms in total. The fourth-order valence-electron chi connectivity index (χ4n) is 1.30. The van der Waals surface area contributed by atoms with Crippen LogP contribution in [0.5, 0.6) is 0 Å². The molecule has 0 unspecified atom stereocenters. The summed E-state index contributed by atoms with van der Waals surface area (Å²) in [6.45, 7) is 8.67. The van der Waals surface area contributed by atoms with Crippen LogP contribution in [0.15, 0.2) is 12.3 Å². The fourth-order valence-corrected chi connectivity index (χ4v) is 1.30. The Kier molecular flexibility index (Phi) is 3.09. The molecular formula is C11H18N2O. The second kappa shape index (κ2) is 3.95. The van der Waals surface area contributed by atoms with Crippen molar-refractivity contribution in [1.29, 1.82) is 0 Å². The van der Waals surface area contributed by atoms with Gasteiger partial charge in [0.2, 0.25) is 0 Å². The summed E-state index contributed by atoms with van der Waals surface area (Å²) in [5.41, 5.74) is 0.394. The van der Waals surface area contributed by atoms with Crippen molar-refractivity contribution in [1.82, 2.24) is 9.78 Å². The number of rotatable bonds is 3. The standard InChI is InChI=1S/C11H18N2O/c1-5-8-13-9(6-7-12-13)10(14)11(2,3)4/h6-7H,5,8H2,1-4H3. The number of carbonyl (C=O) groups excluding carboxylic acids is 1. The maximum atomic E-state index is 12.0. The van der Waals surface area contributed by atoms with Crippen LogP contribution in [-0.2, 0) is 6.54 Å². The van der Waals surface area contributed by atoms with Crippen molar-refractivity contribution in [2.75, 3.05) is 0 Å². The van der Waals surface area contributed by atoms with Crippen LogP contribution in [0.25, 0.3) is 0 Å². The van der Waals surface area contributed by atoms with Gasteiger partial charge >= 0.3 is 0 Å². The second-order valence-corrected chi connectivity index (χ2v) is 4.52. The van der Waals surface area contributed by atoms with Gasteiger partial charge in [-0.1, -0.05) is 27.7 Å². The number of Topliss-reactive ketones (excluding diaryl/α,β-unsaturated/α-hetero) is 1. The molecule has 0 amide bonds. The first-order chi connectivity index (χ1) is 6.46. The molecule has 0 saturated carbocycles. The molecule has 78 valence electrons. The van der Waals surface area contributed by atoms with Gasteiger partial charge in [0.05, 0.1) is 0 Å². The molecule has 0 saturated heterocycles. The lowest BCUT2D eigenvalue weighted by Crippen LogP contribution is -2.23. The van der Waals surface area contributed by atoms with Gasteiger partial charge in [-0.3, -0.25) is 9.48 Å². The van der Waals surface area contributed by atoms with Gasteiger partial charge in [0.25, 0.3) is 0 Å². The van der Waals surface area contributed by atoms with Gasteiger partial charge in [-0.25, -0.2) is 0 Å². The molecule has 1 heterocycles. The van der Waals surface area contributed by atoms with E-state index < -0.39 is 0 Å². The number of ketones is 1. The first-order valence-corrected chi connectivity index (χ1v) is 5.03. The number of hydrogen-bond donors (Lipinski definition) is 0. The van der Waals surface area contributed by atoms with Crippen molar-refractivity contribution >= 4 is 5.78 Å². The minimum atomic E-state index is -0.328. The number of carbonyl (C=O) groups is 1. The summed E-state index contributed by atoms with van der Waals surface area (Å²) in [6, 6.07) is 1.79. The molecule has 0 aliphatic rings. The minimum absolute atomic E-state index is 0.156. The third kappa shape index (κ3) is 2.22. The predicted molar refractivity (Wildman–Crippen MR) is 56.3 cm³/mol. The summed E-state index contributed by atoms with van der Waals surface area (Å²) in [5.74, 6) is 0.156. The van der Waals surface area contributed by atoms with E-state index in [-0.39, 0.29) is 11.2 Å². The summed E-state index contributed by atoms with van der Waals surface area (Å²) >= 11 is 0. The average Bonchev–Trinajstić information content (AvgIpc) is 2.50. The first kappa shape index (κ1) is 11.0. The van der Waals surface area contributed by atoms with Crippen LogP contribution in [0.2, 0.25) is 0 Å². The van der Waals surface area contributed by atoms with Crippen molar-refractivity contribution in [3.63, 3.8) is 0 Å². The molecular weight excluding hydrogens is 176 g/mol. The summed E-state index contributed by atoms with van der Waals surface area (Å²) in [7, 11) is 0. The number of nitrogens with zero attached hydrogens (tertiary/aromatic N) is 2. The van der Waals surface area contributed by atoms with E-state index >= 15 is 0 Å². The van der Waals surface area contributed by atoms with Crippen LogP contribution in [0.1, 0.15) is 44.6 Å². The van der Waals surface area contributed by atoms with Gasteiger partial charge < -0.3 is 0 Å². The quantitative estimate of drug-likeness (QED) is 0.693. The molecule has 0 spiro atoms. The Morgan fingerprint density at radius 3 is 2.64 bits per heavy atom.